The highest BCUT2D eigenvalue weighted by atomic mass is 32.2. The Kier molecular flexibility index (Phi) is 6.20. The summed E-state index contributed by atoms with van der Waals surface area (Å²) in [6.45, 7) is 3.44. The maximum atomic E-state index is 13.4. The van der Waals surface area contributed by atoms with Gasteiger partial charge in [0.25, 0.3) is 15.9 Å². The Balaban J connectivity index is 1.62. The van der Waals surface area contributed by atoms with Crippen LogP contribution >= 0.6 is 0 Å². The molecule has 0 aromatic heterocycles. The minimum Gasteiger partial charge on any atom is -0.350 e. The predicted octanol–water partition coefficient (Wildman–Crippen LogP) is 4.03. The van der Waals surface area contributed by atoms with Crippen LogP contribution in [-0.2, 0) is 14.8 Å². The molecular formula is C25H25N3O4S. The number of anilines is 2. The summed E-state index contributed by atoms with van der Waals surface area (Å²) in [4.78, 5) is 25.8. The molecule has 0 saturated carbocycles. The molecule has 0 saturated heterocycles. The highest BCUT2D eigenvalue weighted by molar-refractivity contribution is 7.93. The van der Waals surface area contributed by atoms with Gasteiger partial charge in [-0.15, -0.1) is 0 Å². The number of carbonyl (C=O) groups excluding carboxylic acids is 2. The molecule has 1 atom stereocenters. The standard InChI is InChI=1S/C25H25N3O4S/c1-3-17(2)26-25(30)20-12-4-7-13-21(20)27-24(29)16-28-22-14-8-5-10-18(22)19-11-6-9-15-23(19)33(28,31)32/h4-15,17H,3,16H2,1-2H3,(H,26,30)(H,27,29). The molecule has 8 heteroatoms. The van der Waals surface area contributed by atoms with Crippen molar-refractivity contribution in [3.63, 3.8) is 0 Å². The van der Waals surface area contributed by atoms with Crippen LogP contribution in [0.25, 0.3) is 11.1 Å². The van der Waals surface area contributed by atoms with E-state index in [1.54, 1.807) is 60.7 Å². The van der Waals surface area contributed by atoms with Gasteiger partial charge in [-0.25, -0.2) is 8.42 Å². The fourth-order valence-corrected chi connectivity index (χ4v) is 5.41. The maximum absolute atomic E-state index is 13.4. The molecule has 7 nitrogen and oxygen atoms in total. The number of nitrogens with zero attached hydrogens (tertiary/aromatic N) is 1. The van der Waals surface area contributed by atoms with Crippen LogP contribution in [0.5, 0.6) is 0 Å². The highest BCUT2D eigenvalue weighted by Gasteiger charge is 2.35. The third kappa shape index (κ3) is 4.34. The zero-order valence-corrected chi connectivity index (χ0v) is 19.2. The van der Waals surface area contributed by atoms with Gasteiger partial charge < -0.3 is 10.6 Å². The lowest BCUT2D eigenvalue weighted by molar-refractivity contribution is -0.114. The van der Waals surface area contributed by atoms with Crippen LogP contribution in [-0.4, -0.2) is 32.8 Å². The van der Waals surface area contributed by atoms with E-state index >= 15 is 0 Å². The van der Waals surface area contributed by atoms with E-state index in [9.17, 15) is 18.0 Å². The lowest BCUT2D eigenvalue weighted by Crippen LogP contribution is -2.40. The molecule has 33 heavy (non-hydrogen) atoms. The van der Waals surface area contributed by atoms with Gasteiger partial charge in [0.05, 0.1) is 21.8 Å². The van der Waals surface area contributed by atoms with Crippen molar-refractivity contribution in [2.75, 3.05) is 16.2 Å². The van der Waals surface area contributed by atoms with Crippen molar-refractivity contribution in [3.8, 4) is 11.1 Å². The van der Waals surface area contributed by atoms with Gasteiger partial charge in [0.2, 0.25) is 5.91 Å². The molecule has 0 aliphatic carbocycles. The Hall–Kier alpha value is -3.65. The number of sulfonamides is 1. The van der Waals surface area contributed by atoms with E-state index in [4.69, 9.17) is 0 Å². The van der Waals surface area contributed by atoms with E-state index in [-0.39, 0.29) is 16.8 Å². The highest BCUT2D eigenvalue weighted by Crippen LogP contribution is 2.42. The number of fused-ring (bicyclic) bond motifs is 3. The third-order valence-electron chi connectivity index (χ3n) is 5.64. The molecule has 3 aromatic rings. The second-order valence-corrected chi connectivity index (χ2v) is 9.73. The van der Waals surface area contributed by atoms with Gasteiger partial charge in [0, 0.05) is 17.2 Å². The molecule has 3 aromatic carbocycles. The van der Waals surface area contributed by atoms with E-state index in [2.05, 4.69) is 10.6 Å². The summed E-state index contributed by atoms with van der Waals surface area (Å²) >= 11 is 0. The minimum atomic E-state index is -3.94. The first-order chi connectivity index (χ1) is 15.8. The Bertz CT molecular complexity index is 1320. The van der Waals surface area contributed by atoms with Gasteiger partial charge in [0.1, 0.15) is 6.54 Å². The fraction of sp³-hybridized carbons (Fsp3) is 0.200. The smallest absolute Gasteiger partial charge is 0.265 e. The molecule has 2 amide bonds. The first kappa shape index (κ1) is 22.5. The van der Waals surface area contributed by atoms with Gasteiger partial charge in [-0.05, 0) is 37.6 Å². The SMILES string of the molecule is CCC(C)NC(=O)c1ccccc1NC(=O)CN1c2ccccc2-c2ccccc2S1(=O)=O. The Labute approximate surface area is 193 Å². The molecule has 1 aliphatic rings. The molecule has 1 heterocycles. The van der Waals surface area contributed by atoms with E-state index < -0.39 is 22.5 Å². The van der Waals surface area contributed by atoms with E-state index in [1.165, 1.54) is 0 Å². The minimum absolute atomic E-state index is 0.0173. The van der Waals surface area contributed by atoms with Gasteiger partial charge >= 0.3 is 0 Å². The van der Waals surface area contributed by atoms with E-state index in [1.807, 2.05) is 26.0 Å². The average molecular weight is 464 g/mol. The number of nitrogens with one attached hydrogen (secondary N) is 2. The van der Waals surface area contributed by atoms with Crippen molar-refractivity contribution in [1.29, 1.82) is 0 Å². The molecule has 0 spiro atoms. The molecule has 0 radical (unpaired) electrons. The second kappa shape index (κ2) is 9.07. The Morgan fingerprint density at radius 1 is 0.909 bits per heavy atom. The normalized spacial score (nSPS) is 14.5. The van der Waals surface area contributed by atoms with Crippen molar-refractivity contribution < 1.29 is 18.0 Å². The van der Waals surface area contributed by atoms with E-state index in [0.29, 0.717) is 22.5 Å². The van der Waals surface area contributed by atoms with Crippen LogP contribution in [0, 0.1) is 0 Å². The van der Waals surface area contributed by atoms with Crippen molar-refractivity contribution in [3.05, 3.63) is 78.4 Å². The molecule has 170 valence electrons. The first-order valence-electron chi connectivity index (χ1n) is 10.7. The molecule has 4 rings (SSSR count). The van der Waals surface area contributed by atoms with Gasteiger partial charge in [0.15, 0.2) is 0 Å². The Morgan fingerprint density at radius 2 is 1.55 bits per heavy atom. The molecule has 0 bridgehead atoms. The number of para-hydroxylation sites is 2. The van der Waals surface area contributed by atoms with E-state index in [0.717, 1.165) is 16.3 Å². The molecule has 1 unspecified atom stereocenters. The topological polar surface area (TPSA) is 95.6 Å². The van der Waals surface area contributed by atoms with Crippen LogP contribution < -0.4 is 14.9 Å². The van der Waals surface area contributed by atoms with Crippen molar-refractivity contribution in [2.24, 2.45) is 0 Å². The summed E-state index contributed by atoms with van der Waals surface area (Å²) in [5, 5.41) is 5.60. The monoisotopic (exact) mass is 463 g/mol. The number of hydrogen-bond acceptors (Lipinski definition) is 4. The first-order valence-corrected chi connectivity index (χ1v) is 12.2. The quantitative estimate of drug-likeness (QED) is 0.577. The van der Waals surface area contributed by atoms with Crippen molar-refractivity contribution >= 4 is 33.2 Å². The number of amides is 2. The number of hydrogen-bond donors (Lipinski definition) is 2. The molecule has 1 aliphatic heterocycles. The van der Waals surface area contributed by atoms with Gasteiger partial charge in [-0.2, -0.15) is 0 Å². The summed E-state index contributed by atoms with van der Waals surface area (Å²) < 4.78 is 27.8. The van der Waals surface area contributed by atoms with Crippen molar-refractivity contribution in [1.82, 2.24) is 5.32 Å². The average Bonchev–Trinajstić information content (AvgIpc) is 2.82. The zero-order chi connectivity index (χ0) is 23.6. The molecular weight excluding hydrogens is 438 g/mol. The van der Waals surface area contributed by atoms with Crippen LogP contribution in [0.3, 0.4) is 0 Å². The summed E-state index contributed by atoms with van der Waals surface area (Å²) in [7, 11) is -3.94. The summed E-state index contributed by atoms with van der Waals surface area (Å²) in [6, 6.07) is 20.5. The number of rotatable bonds is 6. The Morgan fingerprint density at radius 3 is 2.30 bits per heavy atom. The fourth-order valence-electron chi connectivity index (χ4n) is 3.77. The molecule has 0 fully saturated rings. The lowest BCUT2D eigenvalue weighted by Gasteiger charge is -2.31. The molecule has 2 N–H and O–H groups in total. The van der Waals surface area contributed by atoms with Gasteiger partial charge in [-0.1, -0.05) is 55.5 Å². The summed E-state index contributed by atoms with van der Waals surface area (Å²) in [5.41, 5.74) is 2.43. The predicted molar refractivity (Wildman–Crippen MR) is 129 cm³/mol. The second-order valence-electron chi connectivity index (χ2n) is 7.90. The third-order valence-corrected chi connectivity index (χ3v) is 7.46. The number of benzene rings is 3. The van der Waals surface area contributed by atoms with Crippen LogP contribution in [0.4, 0.5) is 11.4 Å². The van der Waals surface area contributed by atoms with Crippen LogP contribution in [0.15, 0.2) is 77.7 Å². The number of carbonyl (C=O) groups is 2. The largest absolute Gasteiger partial charge is 0.350 e. The van der Waals surface area contributed by atoms with Crippen LogP contribution in [0.1, 0.15) is 30.6 Å². The van der Waals surface area contributed by atoms with Crippen LogP contribution in [0.2, 0.25) is 0 Å². The summed E-state index contributed by atoms with van der Waals surface area (Å²) in [5.74, 6) is -0.846. The van der Waals surface area contributed by atoms with Gasteiger partial charge in [-0.3, -0.25) is 13.9 Å². The maximum Gasteiger partial charge on any atom is 0.265 e. The zero-order valence-electron chi connectivity index (χ0n) is 18.4. The summed E-state index contributed by atoms with van der Waals surface area (Å²) in [6.07, 6.45) is 0.772. The van der Waals surface area contributed by atoms with Crippen molar-refractivity contribution in [2.45, 2.75) is 31.2 Å². The lowest BCUT2D eigenvalue weighted by atomic mass is 10.0.